The van der Waals surface area contributed by atoms with Gasteiger partial charge in [-0.1, -0.05) is 0 Å². The highest BCUT2D eigenvalue weighted by molar-refractivity contribution is 6.00. The number of nitrogens with zero attached hydrogens (tertiary/aromatic N) is 3. The summed E-state index contributed by atoms with van der Waals surface area (Å²) in [4.78, 5) is 41.7. The molecule has 9 nitrogen and oxygen atoms in total. The third-order valence-electron chi connectivity index (χ3n) is 4.65. The number of urea groups is 1. The second-order valence-corrected chi connectivity index (χ2v) is 6.96. The van der Waals surface area contributed by atoms with E-state index in [1.807, 2.05) is 4.90 Å². The van der Waals surface area contributed by atoms with Gasteiger partial charge in [-0.3, -0.25) is 14.7 Å². The van der Waals surface area contributed by atoms with Crippen molar-refractivity contribution in [1.82, 2.24) is 14.8 Å². The van der Waals surface area contributed by atoms with Gasteiger partial charge in [0.1, 0.15) is 11.5 Å². The Morgan fingerprint density at radius 3 is 2.37 bits per heavy atom. The molecule has 1 saturated heterocycles. The van der Waals surface area contributed by atoms with Crippen molar-refractivity contribution in [2.75, 3.05) is 36.8 Å². The van der Waals surface area contributed by atoms with Gasteiger partial charge in [-0.05, 0) is 35.9 Å². The Bertz CT molecular complexity index is 943. The zero-order valence-corrected chi connectivity index (χ0v) is 16.4. The summed E-state index contributed by atoms with van der Waals surface area (Å²) in [5.41, 5.74) is 1.65. The summed E-state index contributed by atoms with van der Waals surface area (Å²) in [7, 11) is 0. The molecule has 3 rings (SSSR count). The minimum absolute atomic E-state index is 0.178. The van der Waals surface area contributed by atoms with Crippen LogP contribution in [-0.4, -0.2) is 64.0 Å². The van der Waals surface area contributed by atoms with Crippen molar-refractivity contribution < 1.29 is 23.9 Å². The van der Waals surface area contributed by atoms with Crippen molar-refractivity contribution in [1.29, 1.82) is 0 Å². The minimum Gasteiger partial charge on any atom is -0.465 e. The number of carbonyl (C=O) groups excluding carboxylic acids is 2. The van der Waals surface area contributed by atoms with Crippen LogP contribution in [-0.2, 0) is 6.54 Å². The number of aromatic nitrogens is 1. The number of pyridine rings is 1. The number of hydrogen-bond acceptors (Lipinski definition) is 5. The molecular weight excluding hydrogens is 393 g/mol. The Morgan fingerprint density at radius 1 is 1.07 bits per heavy atom. The molecular formula is C20H22FN5O4. The van der Waals surface area contributed by atoms with Crippen molar-refractivity contribution >= 4 is 29.3 Å². The Labute approximate surface area is 172 Å². The quantitative estimate of drug-likeness (QED) is 0.647. The molecule has 0 unspecified atom stereocenters. The predicted molar refractivity (Wildman–Crippen MR) is 108 cm³/mol. The minimum atomic E-state index is -0.941. The third-order valence-corrected chi connectivity index (χ3v) is 4.65. The summed E-state index contributed by atoms with van der Waals surface area (Å²) < 4.78 is 14.0. The molecule has 1 aromatic carbocycles. The topological polar surface area (TPSA) is 115 Å². The number of benzene rings is 1. The molecule has 3 amide bonds. The first-order chi connectivity index (χ1) is 14.3. The zero-order chi connectivity index (χ0) is 21.7. The lowest BCUT2D eigenvalue weighted by Crippen LogP contribution is -2.47. The second kappa shape index (κ2) is 9.31. The molecule has 2 heterocycles. The van der Waals surface area contributed by atoms with Gasteiger partial charge in [0, 0.05) is 45.3 Å². The summed E-state index contributed by atoms with van der Waals surface area (Å²) in [5.74, 6) is -0.665. The fraction of sp³-hybridized carbons (Fsp3) is 0.300. The first kappa shape index (κ1) is 21.2. The lowest BCUT2D eigenvalue weighted by Gasteiger charge is -2.33. The van der Waals surface area contributed by atoms with E-state index in [0.717, 1.165) is 0 Å². The normalized spacial score (nSPS) is 14.3. The van der Waals surface area contributed by atoms with Gasteiger partial charge in [-0.25, -0.2) is 14.0 Å². The lowest BCUT2D eigenvalue weighted by atomic mass is 10.1. The molecule has 1 aromatic heterocycles. The van der Waals surface area contributed by atoms with Crippen molar-refractivity contribution in [3.05, 3.63) is 53.6 Å². The highest BCUT2D eigenvalue weighted by Gasteiger charge is 2.20. The van der Waals surface area contributed by atoms with Crippen LogP contribution in [0.15, 0.2) is 36.5 Å². The van der Waals surface area contributed by atoms with Crippen molar-refractivity contribution in [3.63, 3.8) is 0 Å². The van der Waals surface area contributed by atoms with Crippen LogP contribution >= 0.6 is 0 Å². The number of piperazine rings is 1. The summed E-state index contributed by atoms with van der Waals surface area (Å²) >= 11 is 0. The maximum atomic E-state index is 14.0. The second-order valence-electron chi connectivity index (χ2n) is 6.96. The average Bonchev–Trinajstić information content (AvgIpc) is 2.68. The van der Waals surface area contributed by atoms with Crippen LogP contribution in [0.25, 0.3) is 0 Å². The standard InChI is InChI=1S/C20H22FN5O4/c1-13(27)18-3-2-16(11-22-18)23-19(28)24-17-9-14(8-15(21)10-17)12-25-4-6-26(7-5-25)20(29)30/h2-3,8-11H,4-7,12H2,1H3,(H,29,30)(H2,23,24,28). The summed E-state index contributed by atoms with van der Waals surface area (Å²) in [6.45, 7) is 3.74. The number of hydrogen-bond donors (Lipinski definition) is 3. The third kappa shape index (κ3) is 5.74. The monoisotopic (exact) mass is 415 g/mol. The number of amides is 3. The number of Topliss-reactive ketones (excluding diaryl/α,β-unsaturated/α-hetero) is 1. The summed E-state index contributed by atoms with van der Waals surface area (Å²) in [6.07, 6.45) is 0.424. The number of nitrogens with one attached hydrogen (secondary N) is 2. The van der Waals surface area contributed by atoms with Gasteiger partial charge >= 0.3 is 12.1 Å². The van der Waals surface area contributed by atoms with E-state index in [0.29, 0.717) is 55.4 Å². The van der Waals surface area contributed by atoms with E-state index in [1.54, 1.807) is 12.1 Å². The molecule has 2 aromatic rings. The Hall–Kier alpha value is -3.53. The van der Waals surface area contributed by atoms with Gasteiger partial charge in [-0.15, -0.1) is 0 Å². The van der Waals surface area contributed by atoms with Crippen molar-refractivity contribution in [3.8, 4) is 0 Å². The van der Waals surface area contributed by atoms with Gasteiger partial charge in [0.25, 0.3) is 0 Å². The zero-order valence-electron chi connectivity index (χ0n) is 16.4. The molecule has 1 aliphatic rings. The largest absolute Gasteiger partial charge is 0.465 e. The van der Waals surface area contributed by atoms with Crippen LogP contribution in [0, 0.1) is 5.82 Å². The Kier molecular flexibility index (Phi) is 6.58. The van der Waals surface area contributed by atoms with E-state index in [2.05, 4.69) is 15.6 Å². The van der Waals surface area contributed by atoms with E-state index < -0.39 is 17.9 Å². The molecule has 10 heteroatoms. The molecule has 0 aliphatic carbocycles. The van der Waals surface area contributed by atoms with Crippen LogP contribution in [0.2, 0.25) is 0 Å². The van der Waals surface area contributed by atoms with Gasteiger partial charge in [0.15, 0.2) is 5.78 Å². The maximum absolute atomic E-state index is 14.0. The van der Waals surface area contributed by atoms with Crippen LogP contribution in [0.1, 0.15) is 23.0 Å². The van der Waals surface area contributed by atoms with Gasteiger partial charge in [-0.2, -0.15) is 0 Å². The molecule has 0 spiro atoms. The van der Waals surface area contributed by atoms with Crippen molar-refractivity contribution in [2.24, 2.45) is 0 Å². The van der Waals surface area contributed by atoms with Crippen LogP contribution < -0.4 is 10.6 Å². The van der Waals surface area contributed by atoms with E-state index in [1.165, 1.54) is 36.2 Å². The average molecular weight is 415 g/mol. The lowest BCUT2D eigenvalue weighted by molar-refractivity contribution is 0.101. The molecule has 1 fully saturated rings. The number of rotatable bonds is 5. The number of halogens is 1. The Morgan fingerprint density at radius 2 is 1.77 bits per heavy atom. The molecule has 158 valence electrons. The van der Waals surface area contributed by atoms with Crippen LogP contribution in [0.5, 0.6) is 0 Å². The highest BCUT2D eigenvalue weighted by atomic mass is 19.1. The highest BCUT2D eigenvalue weighted by Crippen LogP contribution is 2.17. The predicted octanol–water partition coefficient (Wildman–Crippen LogP) is 2.86. The Balaban J connectivity index is 1.58. The van der Waals surface area contributed by atoms with E-state index in [9.17, 15) is 18.8 Å². The van der Waals surface area contributed by atoms with Gasteiger partial charge < -0.3 is 20.6 Å². The number of ketones is 1. The maximum Gasteiger partial charge on any atom is 0.407 e. The smallest absolute Gasteiger partial charge is 0.407 e. The van der Waals surface area contributed by atoms with Gasteiger partial charge in [0.05, 0.1) is 11.9 Å². The molecule has 0 radical (unpaired) electrons. The summed E-state index contributed by atoms with van der Waals surface area (Å²) in [5, 5.41) is 14.2. The number of carboxylic acid groups (broad SMARTS) is 1. The SMILES string of the molecule is CC(=O)c1ccc(NC(=O)Nc2cc(F)cc(CN3CCN(C(=O)O)CC3)c2)cn1. The number of anilines is 2. The number of carbonyl (C=O) groups is 3. The van der Waals surface area contributed by atoms with E-state index >= 15 is 0 Å². The molecule has 0 bridgehead atoms. The molecule has 3 N–H and O–H groups in total. The molecule has 0 atom stereocenters. The van der Waals surface area contributed by atoms with Crippen LogP contribution in [0.4, 0.5) is 25.4 Å². The summed E-state index contributed by atoms with van der Waals surface area (Å²) in [6, 6.07) is 6.75. The van der Waals surface area contributed by atoms with Gasteiger partial charge in [0.2, 0.25) is 0 Å². The molecule has 0 saturated carbocycles. The van der Waals surface area contributed by atoms with Crippen LogP contribution in [0.3, 0.4) is 0 Å². The van der Waals surface area contributed by atoms with Crippen molar-refractivity contribution in [2.45, 2.75) is 13.5 Å². The molecule has 30 heavy (non-hydrogen) atoms. The first-order valence-corrected chi connectivity index (χ1v) is 9.35. The first-order valence-electron chi connectivity index (χ1n) is 9.35. The van der Waals surface area contributed by atoms with E-state index in [4.69, 9.17) is 5.11 Å². The fourth-order valence-corrected chi connectivity index (χ4v) is 3.14. The van der Waals surface area contributed by atoms with E-state index in [-0.39, 0.29) is 5.78 Å². The fourth-order valence-electron chi connectivity index (χ4n) is 3.14. The molecule has 1 aliphatic heterocycles.